The Hall–Kier alpha value is -2.53. The van der Waals surface area contributed by atoms with E-state index in [4.69, 9.17) is 4.74 Å². The zero-order chi connectivity index (χ0) is 19.0. The Morgan fingerprint density at radius 1 is 1.15 bits per heavy atom. The number of imidazole rings is 1. The molecule has 4 rings (SSSR count). The van der Waals surface area contributed by atoms with E-state index >= 15 is 0 Å². The second-order valence-corrected chi connectivity index (χ2v) is 6.44. The van der Waals surface area contributed by atoms with E-state index in [1.165, 1.54) is 12.7 Å². The van der Waals surface area contributed by atoms with Crippen molar-refractivity contribution in [2.75, 3.05) is 18.2 Å². The normalized spacial score (nSPS) is 25.3. The van der Waals surface area contributed by atoms with Crippen LogP contribution in [-0.2, 0) is 4.74 Å². The Morgan fingerprint density at radius 2 is 1.93 bits per heavy atom. The van der Waals surface area contributed by atoms with Gasteiger partial charge in [-0.1, -0.05) is 6.92 Å². The molecule has 0 aromatic carbocycles. The van der Waals surface area contributed by atoms with Crippen LogP contribution in [0.5, 0.6) is 0 Å². The van der Waals surface area contributed by atoms with Crippen LogP contribution in [0.1, 0.15) is 19.6 Å². The standard InChI is InChI=1S/C17H22N6O4/c1-2-5-23(21-6-3-4-7-21)16-12-15(18-9-19-16)22(10-20-12)17-14(26)13(25)11(8-24)27-17/h3-4,6-7,9-11,13-14,17,24-26H,2,5,8H2,1H3/t11-,13-,14-,17-/m1/s1. The number of ether oxygens (including phenoxy) is 1. The fourth-order valence-corrected chi connectivity index (χ4v) is 3.35. The lowest BCUT2D eigenvalue weighted by molar-refractivity contribution is -0.0511. The van der Waals surface area contributed by atoms with E-state index in [2.05, 4.69) is 21.9 Å². The lowest BCUT2D eigenvalue weighted by Crippen LogP contribution is -2.33. The third-order valence-corrected chi connectivity index (χ3v) is 4.68. The number of aromatic nitrogens is 5. The maximum absolute atomic E-state index is 10.3. The van der Waals surface area contributed by atoms with E-state index in [1.807, 2.05) is 34.2 Å². The Bertz CT molecular complexity index is 898. The van der Waals surface area contributed by atoms with Gasteiger partial charge < -0.3 is 20.1 Å². The molecule has 1 fully saturated rings. The van der Waals surface area contributed by atoms with Gasteiger partial charge in [-0.05, 0) is 18.6 Å². The first-order valence-electron chi connectivity index (χ1n) is 8.86. The van der Waals surface area contributed by atoms with Crippen LogP contribution in [0.15, 0.2) is 37.2 Å². The highest BCUT2D eigenvalue weighted by molar-refractivity contribution is 5.83. The average molecular weight is 374 g/mol. The average Bonchev–Trinajstić information content (AvgIpc) is 3.41. The predicted octanol–water partition coefficient (Wildman–Crippen LogP) is -0.0810. The molecule has 4 heterocycles. The summed E-state index contributed by atoms with van der Waals surface area (Å²) >= 11 is 0. The molecule has 144 valence electrons. The topological polar surface area (TPSA) is 122 Å². The molecule has 0 spiro atoms. The van der Waals surface area contributed by atoms with Gasteiger partial charge in [0.25, 0.3) is 0 Å². The summed E-state index contributed by atoms with van der Waals surface area (Å²) in [4.78, 5) is 13.1. The third-order valence-electron chi connectivity index (χ3n) is 4.68. The van der Waals surface area contributed by atoms with Crippen LogP contribution in [-0.4, -0.2) is 71.0 Å². The van der Waals surface area contributed by atoms with Gasteiger partial charge in [-0.3, -0.25) is 14.3 Å². The van der Waals surface area contributed by atoms with E-state index in [0.717, 1.165) is 13.0 Å². The van der Waals surface area contributed by atoms with Crippen molar-refractivity contribution >= 4 is 17.0 Å². The van der Waals surface area contributed by atoms with Crippen molar-refractivity contribution in [3.63, 3.8) is 0 Å². The van der Waals surface area contributed by atoms with Crippen LogP contribution in [0.25, 0.3) is 11.2 Å². The highest BCUT2D eigenvalue weighted by Crippen LogP contribution is 2.32. The summed E-state index contributed by atoms with van der Waals surface area (Å²) in [5.41, 5.74) is 1.03. The monoisotopic (exact) mass is 374 g/mol. The smallest absolute Gasteiger partial charge is 0.179 e. The summed E-state index contributed by atoms with van der Waals surface area (Å²) in [5, 5.41) is 31.6. The van der Waals surface area contributed by atoms with Crippen molar-refractivity contribution in [1.29, 1.82) is 0 Å². The molecular formula is C17H22N6O4. The molecule has 10 heteroatoms. The van der Waals surface area contributed by atoms with Crippen molar-refractivity contribution in [3.05, 3.63) is 37.2 Å². The fourth-order valence-electron chi connectivity index (χ4n) is 3.35. The van der Waals surface area contributed by atoms with E-state index < -0.39 is 24.5 Å². The van der Waals surface area contributed by atoms with Crippen molar-refractivity contribution in [2.24, 2.45) is 0 Å². The van der Waals surface area contributed by atoms with Gasteiger partial charge in [0.05, 0.1) is 12.9 Å². The molecule has 27 heavy (non-hydrogen) atoms. The van der Waals surface area contributed by atoms with Gasteiger partial charge in [-0.15, -0.1) is 0 Å². The van der Waals surface area contributed by atoms with Crippen molar-refractivity contribution in [1.82, 2.24) is 24.2 Å². The van der Waals surface area contributed by atoms with Crippen LogP contribution < -0.4 is 5.01 Å². The van der Waals surface area contributed by atoms with Crippen LogP contribution >= 0.6 is 0 Å². The Kier molecular flexibility index (Phi) is 4.79. The largest absolute Gasteiger partial charge is 0.394 e. The van der Waals surface area contributed by atoms with E-state index in [0.29, 0.717) is 17.0 Å². The first-order valence-corrected chi connectivity index (χ1v) is 8.86. The van der Waals surface area contributed by atoms with Gasteiger partial charge >= 0.3 is 0 Å². The molecule has 1 aliphatic heterocycles. The highest BCUT2D eigenvalue weighted by Gasteiger charge is 2.44. The van der Waals surface area contributed by atoms with Gasteiger partial charge in [-0.2, -0.15) is 0 Å². The Morgan fingerprint density at radius 3 is 2.59 bits per heavy atom. The zero-order valence-corrected chi connectivity index (χ0v) is 14.8. The summed E-state index contributed by atoms with van der Waals surface area (Å²) in [6.07, 6.45) is 3.55. The van der Waals surface area contributed by atoms with Crippen LogP contribution in [0, 0.1) is 0 Å². The quantitative estimate of drug-likeness (QED) is 0.548. The van der Waals surface area contributed by atoms with Crippen molar-refractivity contribution < 1.29 is 20.1 Å². The van der Waals surface area contributed by atoms with Crippen LogP contribution in [0.4, 0.5) is 5.82 Å². The van der Waals surface area contributed by atoms with Gasteiger partial charge in [0, 0.05) is 18.9 Å². The summed E-state index contributed by atoms with van der Waals surface area (Å²) in [6.45, 7) is 2.41. The SMILES string of the molecule is CCCN(c1ncnc2c1ncn2[C@@H]1O[C@H](CO)[C@@H](O)[C@H]1O)n1cccc1. The molecule has 1 aliphatic rings. The fraction of sp³-hybridized carbons (Fsp3) is 0.471. The lowest BCUT2D eigenvalue weighted by Gasteiger charge is -2.24. The summed E-state index contributed by atoms with van der Waals surface area (Å²) in [6, 6.07) is 3.86. The lowest BCUT2D eigenvalue weighted by atomic mass is 10.1. The molecular weight excluding hydrogens is 352 g/mol. The first-order chi connectivity index (χ1) is 13.2. The predicted molar refractivity (Wildman–Crippen MR) is 95.8 cm³/mol. The van der Waals surface area contributed by atoms with E-state index in [1.54, 1.807) is 4.57 Å². The highest BCUT2D eigenvalue weighted by atomic mass is 16.6. The Balaban J connectivity index is 1.76. The number of anilines is 1. The maximum atomic E-state index is 10.3. The number of hydrogen-bond acceptors (Lipinski definition) is 8. The number of rotatable bonds is 6. The first kappa shape index (κ1) is 17.9. The van der Waals surface area contributed by atoms with Gasteiger partial charge in [-0.25, -0.2) is 15.0 Å². The molecule has 10 nitrogen and oxygen atoms in total. The molecule has 0 radical (unpaired) electrons. The molecule has 0 amide bonds. The van der Waals surface area contributed by atoms with Crippen molar-refractivity contribution in [3.8, 4) is 0 Å². The second kappa shape index (κ2) is 7.24. The van der Waals surface area contributed by atoms with E-state index in [9.17, 15) is 15.3 Å². The molecule has 4 atom stereocenters. The maximum Gasteiger partial charge on any atom is 0.179 e. The number of nitrogens with zero attached hydrogens (tertiary/aromatic N) is 6. The summed E-state index contributed by atoms with van der Waals surface area (Å²) in [5.74, 6) is 0.628. The number of hydrogen-bond donors (Lipinski definition) is 3. The molecule has 0 saturated carbocycles. The van der Waals surface area contributed by atoms with Gasteiger partial charge in [0.15, 0.2) is 23.2 Å². The van der Waals surface area contributed by atoms with Crippen molar-refractivity contribution in [2.45, 2.75) is 37.9 Å². The van der Waals surface area contributed by atoms with E-state index in [-0.39, 0.29) is 6.61 Å². The second-order valence-electron chi connectivity index (χ2n) is 6.44. The Labute approximate surface area is 155 Å². The number of aliphatic hydroxyl groups excluding tert-OH is 3. The molecule has 0 unspecified atom stereocenters. The summed E-state index contributed by atoms with van der Waals surface area (Å²) < 4.78 is 9.09. The van der Waals surface area contributed by atoms with Gasteiger partial charge in [0.1, 0.15) is 24.6 Å². The minimum Gasteiger partial charge on any atom is -0.394 e. The number of fused-ring (bicyclic) bond motifs is 1. The molecule has 3 aromatic heterocycles. The zero-order valence-electron chi connectivity index (χ0n) is 14.8. The van der Waals surface area contributed by atoms with Crippen LogP contribution in [0.2, 0.25) is 0 Å². The molecule has 0 bridgehead atoms. The molecule has 0 aliphatic carbocycles. The third kappa shape index (κ3) is 2.96. The molecule has 3 N–H and O–H groups in total. The minimum atomic E-state index is -1.20. The van der Waals surface area contributed by atoms with Crippen LogP contribution in [0.3, 0.4) is 0 Å². The summed E-state index contributed by atoms with van der Waals surface area (Å²) in [7, 11) is 0. The number of aliphatic hydroxyl groups is 3. The van der Waals surface area contributed by atoms with Gasteiger partial charge in [0.2, 0.25) is 0 Å². The molecule has 3 aromatic rings. The minimum absolute atomic E-state index is 0.389. The molecule has 1 saturated heterocycles.